The second-order valence-corrected chi connectivity index (χ2v) is 12.2. The summed E-state index contributed by atoms with van der Waals surface area (Å²) in [6.45, 7) is 15.1. The standard InChI is InChI=1S/C33H54O6/c1-10-12-13-22(3)29-19-30(39-33(7,8)38-29)24(5)32(37-21-27-14-16-28(36-9)17-15-27)25(6)31(35)23(4)18-26(11-2)20-34/h1,14-17,22-26,29-32,34-35H,11-13,18-21H2,2-9H3/t22-,23-,24-,25+,26+,29-,30-,31-,32-/m0/s1. The molecule has 222 valence electrons. The molecule has 0 spiro atoms. The quantitative estimate of drug-likeness (QED) is 0.240. The Bertz CT molecular complexity index is 858. The Morgan fingerprint density at radius 3 is 2.31 bits per heavy atom. The predicted octanol–water partition coefficient (Wildman–Crippen LogP) is 6.22. The highest BCUT2D eigenvalue weighted by Gasteiger charge is 2.44. The lowest BCUT2D eigenvalue weighted by atomic mass is 9.77. The van der Waals surface area contributed by atoms with Crippen molar-refractivity contribution in [1.82, 2.24) is 0 Å². The highest BCUT2D eigenvalue weighted by molar-refractivity contribution is 5.26. The summed E-state index contributed by atoms with van der Waals surface area (Å²) in [7, 11) is 1.66. The van der Waals surface area contributed by atoms with Crippen molar-refractivity contribution in [2.24, 2.45) is 29.6 Å². The summed E-state index contributed by atoms with van der Waals surface area (Å²) in [5, 5.41) is 21.2. The zero-order valence-corrected chi connectivity index (χ0v) is 25.6. The summed E-state index contributed by atoms with van der Waals surface area (Å²) in [4.78, 5) is 0. The molecule has 0 bridgehead atoms. The van der Waals surface area contributed by atoms with Crippen LogP contribution in [-0.4, -0.2) is 54.1 Å². The van der Waals surface area contributed by atoms with E-state index in [9.17, 15) is 10.2 Å². The summed E-state index contributed by atoms with van der Waals surface area (Å²) >= 11 is 0. The lowest BCUT2D eigenvalue weighted by Crippen LogP contribution is -2.52. The fourth-order valence-corrected chi connectivity index (χ4v) is 5.91. The summed E-state index contributed by atoms with van der Waals surface area (Å²) in [5.41, 5.74) is 1.04. The van der Waals surface area contributed by atoms with Crippen molar-refractivity contribution in [3.05, 3.63) is 29.8 Å². The minimum absolute atomic E-state index is 0.00502. The van der Waals surface area contributed by atoms with Gasteiger partial charge in [0.25, 0.3) is 0 Å². The third kappa shape index (κ3) is 10.1. The van der Waals surface area contributed by atoms with Crippen LogP contribution in [0, 0.1) is 41.9 Å². The summed E-state index contributed by atoms with van der Waals surface area (Å²) in [5.74, 6) is 3.21. The number of aliphatic hydroxyl groups excluding tert-OH is 2. The molecule has 1 aliphatic rings. The van der Waals surface area contributed by atoms with Crippen LogP contribution in [0.25, 0.3) is 0 Å². The van der Waals surface area contributed by atoms with Crippen LogP contribution in [0.4, 0.5) is 0 Å². The number of hydrogen-bond acceptors (Lipinski definition) is 6. The van der Waals surface area contributed by atoms with E-state index < -0.39 is 11.9 Å². The molecule has 1 fully saturated rings. The maximum atomic E-state index is 11.5. The van der Waals surface area contributed by atoms with Gasteiger partial charge in [-0.1, -0.05) is 53.2 Å². The summed E-state index contributed by atoms with van der Waals surface area (Å²) < 4.78 is 24.8. The molecule has 1 aromatic rings. The average Bonchev–Trinajstić information content (AvgIpc) is 2.93. The molecule has 2 rings (SSSR count). The molecule has 0 unspecified atom stereocenters. The van der Waals surface area contributed by atoms with E-state index in [0.717, 1.165) is 43.4 Å². The molecule has 9 atom stereocenters. The number of aliphatic hydroxyl groups is 2. The van der Waals surface area contributed by atoms with Crippen molar-refractivity contribution in [2.45, 2.75) is 117 Å². The monoisotopic (exact) mass is 546 g/mol. The minimum atomic E-state index is -0.725. The van der Waals surface area contributed by atoms with Crippen LogP contribution < -0.4 is 4.74 Å². The summed E-state index contributed by atoms with van der Waals surface area (Å²) in [6, 6.07) is 7.89. The summed E-state index contributed by atoms with van der Waals surface area (Å²) in [6.07, 6.45) is 8.68. The number of benzene rings is 1. The van der Waals surface area contributed by atoms with Gasteiger partial charge in [0.2, 0.25) is 0 Å². The van der Waals surface area contributed by atoms with E-state index in [2.05, 4.69) is 40.5 Å². The molecule has 1 aliphatic heterocycles. The lowest BCUT2D eigenvalue weighted by molar-refractivity contribution is -0.320. The van der Waals surface area contributed by atoms with E-state index in [4.69, 9.17) is 25.4 Å². The fraction of sp³-hybridized carbons (Fsp3) is 0.758. The molecule has 0 aliphatic carbocycles. The van der Waals surface area contributed by atoms with Crippen molar-refractivity contribution in [3.63, 3.8) is 0 Å². The van der Waals surface area contributed by atoms with Crippen LogP contribution in [0.5, 0.6) is 5.75 Å². The Hall–Kier alpha value is -1.62. The molecule has 2 N–H and O–H groups in total. The minimum Gasteiger partial charge on any atom is -0.497 e. The Morgan fingerprint density at radius 2 is 1.74 bits per heavy atom. The Labute approximate surface area is 237 Å². The molecule has 6 heteroatoms. The molecule has 0 amide bonds. The van der Waals surface area contributed by atoms with E-state index in [1.54, 1.807) is 7.11 Å². The van der Waals surface area contributed by atoms with E-state index in [-0.39, 0.29) is 48.6 Å². The van der Waals surface area contributed by atoms with Gasteiger partial charge in [-0.3, -0.25) is 0 Å². The highest BCUT2D eigenvalue weighted by Crippen LogP contribution is 2.38. The van der Waals surface area contributed by atoms with Gasteiger partial charge < -0.3 is 29.2 Å². The van der Waals surface area contributed by atoms with Gasteiger partial charge in [-0.25, -0.2) is 0 Å². The van der Waals surface area contributed by atoms with Gasteiger partial charge in [-0.05, 0) is 62.1 Å². The molecule has 1 saturated heterocycles. The topological polar surface area (TPSA) is 77.4 Å². The smallest absolute Gasteiger partial charge is 0.163 e. The van der Waals surface area contributed by atoms with Crippen molar-refractivity contribution >= 4 is 0 Å². The molecular weight excluding hydrogens is 492 g/mol. The molecule has 0 saturated carbocycles. The third-order valence-corrected chi connectivity index (χ3v) is 8.60. The number of methoxy groups -OCH3 is 1. The average molecular weight is 547 g/mol. The van der Waals surface area contributed by atoms with Gasteiger partial charge in [-0.2, -0.15) is 0 Å². The molecular formula is C33H54O6. The zero-order valence-electron chi connectivity index (χ0n) is 25.6. The van der Waals surface area contributed by atoms with E-state index in [1.807, 2.05) is 38.1 Å². The van der Waals surface area contributed by atoms with Crippen LogP contribution in [0.3, 0.4) is 0 Å². The second kappa shape index (κ2) is 16.0. The van der Waals surface area contributed by atoms with Crippen LogP contribution in [0.1, 0.15) is 86.1 Å². The van der Waals surface area contributed by atoms with Gasteiger partial charge in [0.05, 0.1) is 38.1 Å². The predicted molar refractivity (Wildman–Crippen MR) is 156 cm³/mol. The number of hydrogen-bond donors (Lipinski definition) is 2. The fourth-order valence-electron chi connectivity index (χ4n) is 5.91. The maximum absolute atomic E-state index is 11.5. The molecule has 39 heavy (non-hydrogen) atoms. The molecule has 6 nitrogen and oxygen atoms in total. The zero-order chi connectivity index (χ0) is 29.2. The Kier molecular flexibility index (Phi) is 13.8. The van der Waals surface area contributed by atoms with Gasteiger partial charge >= 0.3 is 0 Å². The number of terminal acetylenes is 1. The third-order valence-electron chi connectivity index (χ3n) is 8.60. The Morgan fingerprint density at radius 1 is 1.10 bits per heavy atom. The van der Waals surface area contributed by atoms with E-state index >= 15 is 0 Å². The first-order valence-electron chi connectivity index (χ1n) is 14.8. The second-order valence-electron chi connectivity index (χ2n) is 12.2. The van der Waals surface area contributed by atoms with E-state index in [0.29, 0.717) is 12.5 Å². The first-order valence-corrected chi connectivity index (χ1v) is 14.8. The lowest BCUT2D eigenvalue weighted by Gasteiger charge is -2.47. The normalized spacial score (nSPS) is 24.5. The van der Waals surface area contributed by atoms with Gasteiger partial charge in [0, 0.05) is 31.3 Å². The first-order chi connectivity index (χ1) is 18.5. The molecule has 0 aromatic heterocycles. The SMILES string of the molecule is C#CCC[C@H](C)[C@@H]1C[C@@H]([C@H](C)[C@H](OCc2ccc(OC)cc2)[C@H](C)[C@@H](O)[C@@H](C)C[C@@H](CC)CO)OC(C)(C)O1. The van der Waals surface area contributed by atoms with Gasteiger partial charge in [0.1, 0.15) is 5.75 Å². The molecule has 1 heterocycles. The van der Waals surface area contributed by atoms with Gasteiger partial charge in [-0.15, -0.1) is 12.3 Å². The number of rotatable bonds is 16. The van der Waals surface area contributed by atoms with Crippen molar-refractivity contribution in [2.75, 3.05) is 13.7 Å². The van der Waals surface area contributed by atoms with E-state index in [1.165, 1.54) is 0 Å². The van der Waals surface area contributed by atoms with Crippen molar-refractivity contribution in [1.29, 1.82) is 0 Å². The number of ether oxygens (including phenoxy) is 4. The van der Waals surface area contributed by atoms with Crippen molar-refractivity contribution < 1.29 is 29.2 Å². The first kappa shape index (κ1) is 33.6. The van der Waals surface area contributed by atoms with Crippen LogP contribution in [0.15, 0.2) is 24.3 Å². The molecule has 1 aromatic carbocycles. The Balaban J connectivity index is 2.27. The van der Waals surface area contributed by atoms with Crippen molar-refractivity contribution in [3.8, 4) is 18.1 Å². The molecule has 0 radical (unpaired) electrons. The van der Waals surface area contributed by atoms with Crippen LogP contribution in [-0.2, 0) is 20.8 Å². The highest BCUT2D eigenvalue weighted by atomic mass is 16.7. The maximum Gasteiger partial charge on any atom is 0.163 e. The largest absolute Gasteiger partial charge is 0.497 e. The van der Waals surface area contributed by atoms with Crippen LogP contribution in [0.2, 0.25) is 0 Å². The van der Waals surface area contributed by atoms with Gasteiger partial charge in [0.15, 0.2) is 5.79 Å². The van der Waals surface area contributed by atoms with Crippen LogP contribution >= 0.6 is 0 Å².